The molecule has 0 N–H and O–H groups in total. The monoisotopic (exact) mass is 290 g/mol. The number of ether oxygens (including phenoxy) is 1. The predicted octanol–water partition coefficient (Wildman–Crippen LogP) is 1.99. The second-order valence-electron chi connectivity index (χ2n) is 4.87. The zero-order valence-corrected chi connectivity index (χ0v) is 12.6. The van der Waals surface area contributed by atoms with Crippen LogP contribution in [0, 0.1) is 20.8 Å². The first-order valence-corrected chi connectivity index (χ1v) is 6.74. The van der Waals surface area contributed by atoms with Crippen molar-refractivity contribution in [1.82, 2.24) is 9.72 Å². The number of hydrogen-bond donors (Lipinski definition) is 0. The minimum atomic E-state index is -0.421. The molecule has 2 heterocycles. The van der Waals surface area contributed by atoms with Gasteiger partial charge in [-0.1, -0.05) is 5.16 Å². The van der Waals surface area contributed by atoms with E-state index in [0.29, 0.717) is 22.6 Å². The van der Waals surface area contributed by atoms with Crippen LogP contribution in [-0.2, 0) is 11.3 Å². The Morgan fingerprint density at radius 1 is 1.33 bits per heavy atom. The average molecular weight is 290 g/mol. The van der Waals surface area contributed by atoms with Gasteiger partial charge in [0, 0.05) is 17.8 Å². The van der Waals surface area contributed by atoms with E-state index in [-0.39, 0.29) is 18.7 Å². The van der Waals surface area contributed by atoms with Gasteiger partial charge in [0.25, 0.3) is 5.56 Å². The molecule has 112 valence electrons. The Hall–Kier alpha value is -2.37. The van der Waals surface area contributed by atoms with Gasteiger partial charge in [0.1, 0.15) is 0 Å². The minimum Gasteiger partial charge on any atom is -0.462 e. The average Bonchev–Trinajstić information content (AvgIpc) is 2.80. The lowest BCUT2D eigenvalue weighted by atomic mass is 10.1. The topological polar surface area (TPSA) is 74.3 Å². The second-order valence-corrected chi connectivity index (χ2v) is 4.87. The number of carbonyl (C=O) groups excluding carboxylic acids is 1. The molecule has 21 heavy (non-hydrogen) atoms. The fourth-order valence-corrected chi connectivity index (χ4v) is 2.28. The summed E-state index contributed by atoms with van der Waals surface area (Å²) in [7, 11) is 0. The summed E-state index contributed by atoms with van der Waals surface area (Å²) in [4.78, 5) is 24.2. The standard InChI is InChI=1S/C15H18N2O4/c1-5-20-15(19)14-9(2)6-13(18)17(11(14)4)8-12-7-10(3)16-21-12/h6-7H,5,8H2,1-4H3. The molecular weight excluding hydrogens is 272 g/mol. The molecule has 0 spiro atoms. The Morgan fingerprint density at radius 2 is 2.05 bits per heavy atom. The van der Waals surface area contributed by atoms with E-state index in [1.165, 1.54) is 10.6 Å². The van der Waals surface area contributed by atoms with Crippen molar-refractivity contribution in [2.75, 3.05) is 6.61 Å². The number of aromatic nitrogens is 2. The van der Waals surface area contributed by atoms with Crippen LogP contribution >= 0.6 is 0 Å². The molecule has 2 rings (SSSR count). The molecule has 0 aliphatic heterocycles. The Kier molecular flexibility index (Phi) is 4.26. The predicted molar refractivity (Wildman–Crippen MR) is 76.5 cm³/mol. The van der Waals surface area contributed by atoms with Gasteiger partial charge >= 0.3 is 5.97 Å². The summed E-state index contributed by atoms with van der Waals surface area (Å²) in [6.45, 7) is 7.53. The highest BCUT2D eigenvalue weighted by Gasteiger charge is 2.18. The Labute approximate surface area is 122 Å². The highest BCUT2D eigenvalue weighted by atomic mass is 16.5. The third kappa shape index (κ3) is 3.04. The van der Waals surface area contributed by atoms with Gasteiger partial charge in [-0.05, 0) is 33.3 Å². The largest absolute Gasteiger partial charge is 0.462 e. The summed E-state index contributed by atoms with van der Waals surface area (Å²) in [5, 5.41) is 3.79. The lowest BCUT2D eigenvalue weighted by Gasteiger charge is -2.14. The molecule has 0 amide bonds. The first kappa shape index (κ1) is 15.0. The van der Waals surface area contributed by atoms with Crippen LogP contribution in [0.2, 0.25) is 0 Å². The van der Waals surface area contributed by atoms with Crippen molar-refractivity contribution in [3.8, 4) is 0 Å². The van der Waals surface area contributed by atoms with Crippen molar-refractivity contribution >= 4 is 5.97 Å². The van der Waals surface area contributed by atoms with Crippen molar-refractivity contribution < 1.29 is 14.1 Å². The van der Waals surface area contributed by atoms with E-state index in [1.807, 2.05) is 6.92 Å². The van der Waals surface area contributed by atoms with Crippen LogP contribution in [0.3, 0.4) is 0 Å². The van der Waals surface area contributed by atoms with Crippen molar-refractivity contribution in [1.29, 1.82) is 0 Å². The van der Waals surface area contributed by atoms with Crippen LogP contribution in [0.1, 0.15) is 40.0 Å². The first-order chi connectivity index (χ1) is 9.93. The van der Waals surface area contributed by atoms with E-state index in [2.05, 4.69) is 5.16 Å². The summed E-state index contributed by atoms with van der Waals surface area (Å²) in [6, 6.07) is 3.19. The number of hydrogen-bond acceptors (Lipinski definition) is 5. The van der Waals surface area contributed by atoms with Gasteiger partial charge in [0.15, 0.2) is 5.76 Å². The summed E-state index contributed by atoms with van der Waals surface area (Å²) >= 11 is 0. The van der Waals surface area contributed by atoms with Crippen LogP contribution < -0.4 is 5.56 Å². The molecule has 0 radical (unpaired) electrons. The minimum absolute atomic E-state index is 0.188. The number of pyridine rings is 1. The molecule has 0 unspecified atom stereocenters. The van der Waals surface area contributed by atoms with Gasteiger partial charge < -0.3 is 13.8 Å². The smallest absolute Gasteiger partial charge is 0.340 e. The molecule has 0 aliphatic rings. The molecule has 0 fully saturated rings. The van der Waals surface area contributed by atoms with Crippen molar-refractivity contribution in [3.63, 3.8) is 0 Å². The van der Waals surface area contributed by atoms with E-state index in [0.717, 1.165) is 5.69 Å². The quantitative estimate of drug-likeness (QED) is 0.805. The van der Waals surface area contributed by atoms with Crippen LogP contribution in [-0.4, -0.2) is 22.3 Å². The summed E-state index contributed by atoms with van der Waals surface area (Å²) in [5.74, 6) is 0.145. The van der Waals surface area contributed by atoms with Crippen LogP contribution in [0.4, 0.5) is 0 Å². The summed E-state index contributed by atoms with van der Waals surface area (Å²) in [5.41, 5.74) is 2.15. The fraction of sp³-hybridized carbons (Fsp3) is 0.400. The van der Waals surface area contributed by atoms with Gasteiger partial charge in [-0.3, -0.25) is 4.79 Å². The van der Waals surface area contributed by atoms with E-state index >= 15 is 0 Å². The van der Waals surface area contributed by atoms with Crippen molar-refractivity contribution in [2.24, 2.45) is 0 Å². The summed E-state index contributed by atoms with van der Waals surface area (Å²) < 4.78 is 11.7. The maximum absolute atomic E-state index is 12.2. The van der Waals surface area contributed by atoms with Crippen molar-refractivity contribution in [3.05, 3.63) is 50.8 Å². The third-order valence-electron chi connectivity index (χ3n) is 3.24. The van der Waals surface area contributed by atoms with Gasteiger partial charge in [-0.2, -0.15) is 0 Å². The normalized spacial score (nSPS) is 10.7. The van der Waals surface area contributed by atoms with Gasteiger partial charge in [0.2, 0.25) is 0 Å². The highest BCUT2D eigenvalue weighted by molar-refractivity contribution is 5.92. The molecule has 2 aromatic rings. The van der Waals surface area contributed by atoms with E-state index in [4.69, 9.17) is 9.26 Å². The molecule has 0 aliphatic carbocycles. The molecule has 0 saturated heterocycles. The molecule has 6 nitrogen and oxygen atoms in total. The van der Waals surface area contributed by atoms with Crippen molar-refractivity contribution in [2.45, 2.75) is 34.2 Å². The maximum Gasteiger partial charge on any atom is 0.340 e. The maximum atomic E-state index is 12.2. The van der Waals surface area contributed by atoms with Crippen LogP contribution in [0.5, 0.6) is 0 Å². The Bertz CT molecular complexity index is 728. The van der Waals surface area contributed by atoms with E-state index < -0.39 is 5.97 Å². The SMILES string of the molecule is CCOC(=O)c1c(C)cc(=O)n(Cc2cc(C)no2)c1C. The van der Waals surface area contributed by atoms with Gasteiger partial charge in [0.05, 0.1) is 24.4 Å². The van der Waals surface area contributed by atoms with E-state index in [1.54, 1.807) is 26.8 Å². The van der Waals surface area contributed by atoms with E-state index in [9.17, 15) is 9.59 Å². The molecule has 0 aromatic carbocycles. The molecular formula is C15H18N2O4. The first-order valence-electron chi connectivity index (χ1n) is 6.74. The number of nitrogens with zero attached hydrogens (tertiary/aromatic N) is 2. The van der Waals surface area contributed by atoms with Gasteiger partial charge in [-0.25, -0.2) is 4.79 Å². The highest BCUT2D eigenvalue weighted by Crippen LogP contribution is 2.14. The number of rotatable bonds is 4. The molecule has 0 saturated carbocycles. The van der Waals surface area contributed by atoms with Crippen LogP contribution in [0.25, 0.3) is 0 Å². The zero-order valence-electron chi connectivity index (χ0n) is 12.6. The molecule has 2 aromatic heterocycles. The Morgan fingerprint density at radius 3 is 2.62 bits per heavy atom. The van der Waals surface area contributed by atoms with Crippen LogP contribution in [0.15, 0.2) is 21.5 Å². The summed E-state index contributed by atoms with van der Waals surface area (Å²) in [6.07, 6.45) is 0. The zero-order chi connectivity index (χ0) is 15.6. The third-order valence-corrected chi connectivity index (χ3v) is 3.24. The lowest BCUT2D eigenvalue weighted by molar-refractivity contribution is 0.0523. The fourth-order valence-electron chi connectivity index (χ4n) is 2.28. The second kappa shape index (κ2) is 5.95. The molecule has 6 heteroatoms. The lowest BCUT2D eigenvalue weighted by Crippen LogP contribution is -2.26. The Balaban J connectivity index is 2.48. The van der Waals surface area contributed by atoms with Gasteiger partial charge in [-0.15, -0.1) is 0 Å². The molecule has 0 bridgehead atoms. The number of aryl methyl sites for hydroxylation is 2. The number of esters is 1. The number of carbonyl (C=O) groups is 1. The molecule has 0 atom stereocenters.